The van der Waals surface area contributed by atoms with Gasteiger partial charge in [0.2, 0.25) is 5.91 Å². The highest BCUT2D eigenvalue weighted by Crippen LogP contribution is 2.26. The van der Waals surface area contributed by atoms with Crippen LogP contribution in [0.15, 0.2) is 53.9 Å². The number of nitrogens with zero attached hydrogens (tertiary/aromatic N) is 1. The zero-order valence-electron chi connectivity index (χ0n) is 15.0. The van der Waals surface area contributed by atoms with Crippen molar-refractivity contribution in [3.8, 4) is 16.3 Å². The molecule has 27 heavy (non-hydrogen) atoms. The Bertz CT molecular complexity index is 934. The number of carbonyl (C=O) groups is 2. The van der Waals surface area contributed by atoms with Gasteiger partial charge >= 0.3 is 0 Å². The van der Waals surface area contributed by atoms with Crippen molar-refractivity contribution >= 4 is 28.8 Å². The second-order valence-electron chi connectivity index (χ2n) is 5.75. The van der Waals surface area contributed by atoms with Crippen LogP contribution in [0.3, 0.4) is 0 Å². The molecule has 0 bridgehead atoms. The first kappa shape index (κ1) is 18.6. The molecule has 0 aliphatic heterocycles. The molecule has 2 aromatic carbocycles. The summed E-state index contributed by atoms with van der Waals surface area (Å²) in [5.74, 6) is 0.466. The van der Waals surface area contributed by atoms with Gasteiger partial charge < -0.3 is 15.4 Å². The smallest absolute Gasteiger partial charge is 0.251 e. The highest BCUT2D eigenvalue weighted by atomic mass is 32.1. The van der Waals surface area contributed by atoms with Crippen molar-refractivity contribution in [3.63, 3.8) is 0 Å². The lowest BCUT2D eigenvalue weighted by molar-refractivity contribution is -0.115. The van der Waals surface area contributed by atoms with Gasteiger partial charge in [-0.2, -0.15) is 0 Å². The van der Waals surface area contributed by atoms with Gasteiger partial charge in [0.25, 0.3) is 5.91 Å². The molecule has 2 amide bonds. The van der Waals surface area contributed by atoms with Crippen molar-refractivity contribution in [2.24, 2.45) is 0 Å². The van der Waals surface area contributed by atoms with Gasteiger partial charge in [-0.05, 0) is 48.5 Å². The van der Waals surface area contributed by atoms with Gasteiger partial charge in [-0.3, -0.25) is 9.59 Å². The summed E-state index contributed by atoms with van der Waals surface area (Å²) < 4.78 is 5.15. The van der Waals surface area contributed by atoms with Crippen LogP contribution < -0.4 is 15.4 Å². The largest absolute Gasteiger partial charge is 0.497 e. The lowest BCUT2D eigenvalue weighted by atomic mass is 10.2. The average molecular weight is 381 g/mol. The molecule has 0 aliphatic rings. The number of ether oxygens (including phenoxy) is 1. The highest BCUT2D eigenvalue weighted by Gasteiger charge is 2.10. The maximum atomic E-state index is 12.2. The number of hydrogen-bond acceptors (Lipinski definition) is 5. The topological polar surface area (TPSA) is 80.3 Å². The van der Waals surface area contributed by atoms with Gasteiger partial charge in [-0.25, -0.2) is 4.98 Å². The third kappa shape index (κ3) is 4.71. The number of hydrogen-bond donors (Lipinski definition) is 2. The molecule has 1 aromatic heterocycles. The molecule has 0 atom stereocenters. The first-order valence-electron chi connectivity index (χ1n) is 8.30. The second kappa shape index (κ2) is 8.46. The van der Waals surface area contributed by atoms with E-state index < -0.39 is 0 Å². The number of thiazole rings is 1. The summed E-state index contributed by atoms with van der Waals surface area (Å²) in [7, 11) is 3.20. The SMILES string of the molecule is CNC(=O)c1ccc(NC(=O)Cc2csc(-c3ccc(OC)cc3)n2)cc1. The minimum absolute atomic E-state index is 0.158. The van der Waals surface area contributed by atoms with Crippen LogP contribution in [0.2, 0.25) is 0 Å². The van der Waals surface area contributed by atoms with Crippen LogP contribution in [-0.2, 0) is 11.2 Å². The monoisotopic (exact) mass is 381 g/mol. The summed E-state index contributed by atoms with van der Waals surface area (Å²) in [4.78, 5) is 28.3. The minimum Gasteiger partial charge on any atom is -0.497 e. The molecule has 0 spiro atoms. The number of anilines is 1. The van der Waals surface area contributed by atoms with Crippen LogP contribution in [-0.4, -0.2) is 31.0 Å². The zero-order valence-corrected chi connectivity index (χ0v) is 15.8. The molecular formula is C20H19N3O3S. The lowest BCUT2D eigenvalue weighted by Gasteiger charge is -2.05. The first-order chi connectivity index (χ1) is 13.1. The minimum atomic E-state index is -0.165. The highest BCUT2D eigenvalue weighted by molar-refractivity contribution is 7.13. The van der Waals surface area contributed by atoms with Crippen molar-refractivity contribution in [1.29, 1.82) is 0 Å². The quantitative estimate of drug-likeness (QED) is 0.686. The summed E-state index contributed by atoms with van der Waals surface area (Å²) in [5, 5.41) is 8.11. The summed E-state index contributed by atoms with van der Waals surface area (Å²) in [6.45, 7) is 0. The van der Waals surface area contributed by atoms with Gasteiger partial charge in [0.1, 0.15) is 10.8 Å². The number of amides is 2. The number of methoxy groups -OCH3 is 1. The van der Waals surface area contributed by atoms with E-state index in [4.69, 9.17) is 4.74 Å². The summed E-state index contributed by atoms with van der Waals surface area (Å²) in [6, 6.07) is 14.4. The number of rotatable bonds is 6. The molecule has 0 aliphatic carbocycles. The Labute approximate surface area is 161 Å². The fourth-order valence-electron chi connectivity index (χ4n) is 2.47. The second-order valence-corrected chi connectivity index (χ2v) is 6.61. The Kier molecular flexibility index (Phi) is 5.83. The molecule has 138 valence electrons. The molecule has 0 fully saturated rings. The Hall–Kier alpha value is -3.19. The molecule has 6 nitrogen and oxygen atoms in total. The average Bonchev–Trinajstić information content (AvgIpc) is 3.16. The standard InChI is InChI=1S/C20H19N3O3S/c1-21-19(25)13-3-7-15(8-4-13)22-18(24)11-16-12-27-20(23-16)14-5-9-17(26-2)10-6-14/h3-10,12H,11H2,1-2H3,(H,21,25)(H,22,24). The Morgan fingerprint density at radius 2 is 1.78 bits per heavy atom. The third-order valence-electron chi connectivity index (χ3n) is 3.89. The Morgan fingerprint density at radius 1 is 1.07 bits per heavy atom. The normalized spacial score (nSPS) is 10.3. The number of carbonyl (C=O) groups excluding carboxylic acids is 2. The van der Waals surface area contributed by atoms with Crippen LogP contribution in [0.1, 0.15) is 16.1 Å². The van der Waals surface area contributed by atoms with E-state index in [9.17, 15) is 9.59 Å². The van der Waals surface area contributed by atoms with E-state index in [-0.39, 0.29) is 18.2 Å². The van der Waals surface area contributed by atoms with E-state index in [1.807, 2.05) is 29.6 Å². The van der Waals surface area contributed by atoms with Crippen LogP contribution in [0, 0.1) is 0 Å². The fourth-order valence-corrected chi connectivity index (χ4v) is 3.30. The van der Waals surface area contributed by atoms with Crippen molar-refractivity contribution in [2.75, 3.05) is 19.5 Å². The van der Waals surface area contributed by atoms with Gasteiger partial charge in [0.05, 0.1) is 19.2 Å². The van der Waals surface area contributed by atoms with Gasteiger partial charge in [0.15, 0.2) is 0 Å². The summed E-state index contributed by atoms with van der Waals surface area (Å²) >= 11 is 1.50. The Balaban J connectivity index is 1.61. The van der Waals surface area contributed by atoms with Gasteiger partial charge in [-0.1, -0.05) is 0 Å². The van der Waals surface area contributed by atoms with E-state index in [1.165, 1.54) is 11.3 Å². The molecule has 3 rings (SSSR count). The molecule has 0 unspecified atom stereocenters. The molecule has 2 N–H and O–H groups in total. The van der Waals surface area contributed by atoms with Crippen LogP contribution >= 0.6 is 11.3 Å². The summed E-state index contributed by atoms with van der Waals surface area (Å²) in [6.07, 6.45) is 0.184. The Morgan fingerprint density at radius 3 is 2.41 bits per heavy atom. The number of benzene rings is 2. The predicted molar refractivity (Wildman–Crippen MR) is 106 cm³/mol. The van der Waals surface area contributed by atoms with E-state index in [0.29, 0.717) is 16.9 Å². The molecule has 0 radical (unpaired) electrons. The molecular weight excluding hydrogens is 362 g/mol. The van der Waals surface area contributed by atoms with Crippen molar-refractivity contribution in [1.82, 2.24) is 10.3 Å². The maximum Gasteiger partial charge on any atom is 0.251 e. The van der Waals surface area contributed by atoms with Crippen LogP contribution in [0.25, 0.3) is 10.6 Å². The maximum absolute atomic E-state index is 12.2. The van der Waals surface area contributed by atoms with Gasteiger partial charge in [0, 0.05) is 29.2 Å². The summed E-state index contributed by atoms with van der Waals surface area (Å²) in [5.41, 5.74) is 2.87. The van der Waals surface area contributed by atoms with Crippen molar-refractivity contribution in [3.05, 3.63) is 65.2 Å². The first-order valence-corrected chi connectivity index (χ1v) is 9.18. The molecule has 1 heterocycles. The fraction of sp³-hybridized carbons (Fsp3) is 0.150. The molecule has 3 aromatic rings. The van der Waals surface area contributed by atoms with E-state index in [0.717, 1.165) is 16.3 Å². The lowest BCUT2D eigenvalue weighted by Crippen LogP contribution is -2.18. The van der Waals surface area contributed by atoms with Crippen molar-refractivity contribution in [2.45, 2.75) is 6.42 Å². The molecule has 0 saturated carbocycles. The third-order valence-corrected chi connectivity index (χ3v) is 4.83. The van der Waals surface area contributed by atoms with E-state index in [1.54, 1.807) is 38.4 Å². The van der Waals surface area contributed by atoms with Crippen LogP contribution in [0.4, 0.5) is 5.69 Å². The number of aromatic nitrogens is 1. The van der Waals surface area contributed by atoms with Crippen molar-refractivity contribution < 1.29 is 14.3 Å². The zero-order chi connectivity index (χ0) is 19.2. The van der Waals surface area contributed by atoms with Gasteiger partial charge in [-0.15, -0.1) is 11.3 Å². The molecule has 0 saturated heterocycles. The molecule has 7 heteroatoms. The predicted octanol–water partition coefficient (Wildman–Crippen LogP) is 3.36. The van der Waals surface area contributed by atoms with E-state index in [2.05, 4.69) is 15.6 Å². The van der Waals surface area contributed by atoms with Crippen LogP contribution in [0.5, 0.6) is 5.75 Å². The number of nitrogens with one attached hydrogen (secondary N) is 2. The van der Waals surface area contributed by atoms with E-state index >= 15 is 0 Å².